The van der Waals surface area contributed by atoms with Crippen LogP contribution in [0.25, 0.3) is 0 Å². The molecule has 0 aliphatic heterocycles. The first-order valence-corrected chi connectivity index (χ1v) is 3.04. The Morgan fingerprint density at radius 3 is 2.75 bits per heavy atom. The van der Waals surface area contributed by atoms with Gasteiger partial charge in [-0.05, 0) is 6.07 Å². The third-order valence-electron chi connectivity index (χ3n) is 1.04. The standard InChI is InChI=1S/C6H3ClFNO2.Li.H/c7-3-1-2-9-5(4(3)8)6(10)11;;/h1-2H,(H,10,11);;/q;+1;-1. The van der Waals surface area contributed by atoms with Crippen LogP contribution in [0.4, 0.5) is 4.39 Å². The largest absolute Gasteiger partial charge is 1.00 e. The third kappa shape index (κ3) is 2.21. The molecule has 0 aromatic carbocycles. The summed E-state index contributed by atoms with van der Waals surface area (Å²) >= 11 is 5.28. The maximum atomic E-state index is 12.7. The second kappa shape index (κ2) is 4.46. The van der Waals surface area contributed by atoms with E-state index in [1.807, 2.05) is 0 Å². The van der Waals surface area contributed by atoms with Gasteiger partial charge in [-0.3, -0.25) is 0 Å². The average Bonchev–Trinajstić information content (AvgIpc) is 1.94. The van der Waals surface area contributed by atoms with Crippen molar-refractivity contribution < 1.29 is 34.6 Å². The van der Waals surface area contributed by atoms with Crippen molar-refractivity contribution in [1.82, 2.24) is 4.98 Å². The summed E-state index contributed by atoms with van der Waals surface area (Å²) in [6, 6.07) is 1.18. The average molecular weight is 183 g/mol. The van der Waals surface area contributed by atoms with Crippen molar-refractivity contribution in [2.24, 2.45) is 0 Å². The summed E-state index contributed by atoms with van der Waals surface area (Å²) in [4.78, 5) is 13.5. The molecule has 1 heterocycles. The molecule has 1 rings (SSSR count). The molecule has 0 unspecified atom stereocenters. The Balaban J connectivity index is 0. The van der Waals surface area contributed by atoms with E-state index < -0.39 is 17.5 Å². The minimum absolute atomic E-state index is 0. The van der Waals surface area contributed by atoms with E-state index >= 15 is 0 Å². The minimum Gasteiger partial charge on any atom is -1.00 e. The van der Waals surface area contributed by atoms with Gasteiger partial charge < -0.3 is 6.53 Å². The summed E-state index contributed by atoms with van der Waals surface area (Å²) < 4.78 is 12.7. The zero-order chi connectivity index (χ0) is 8.43. The van der Waals surface area contributed by atoms with Crippen molar-refractivity contribution >= 4 is 17.6 Å². The van der Waals surface area contributed by atoms with Crippen LogP contribution in [0.2, 0.25) is 5.02 Å². The molecule has 60 valence electrons. The van der Waals surface area contributed by atoms with E-state index in [0.717, 1.165) is 6.20 Å². The number of aromatic nitrogens is 1. The Kier molecular flexibility index (Phi) is 4.25. The van der Waals surface area contributed by atoms with Crippen LogP contribution in [0.15, 0.2) is 12.3 Å². The van der Waals surface area contributed by atoms with Gasteiger partial charge in [-0.2, -0.15) is 0 Å². The van der Waals surface area contributed by atoms with Crippen LogP contribution < -0.4 is 18.9 Å². The van der Waals surface area contributed by atoms with E-state index in [-0.39, 0.29) is 25.3 Å². The van der Waals surface area contributed by atoms with E-state index in [0.29, 0.717) is 0 Å². The van der Waals surface area contributed by atoms with Crippen LogP contribution >= 0.6 is 11.6 Å². The first-order valence-electron chi connectivity index (χ1n) is 2.66. The molecule has 0 amide bonds. The van der Waals surface area contributed by atoms with Crippen molar-refractivity contribution in [1.29, 1.82) is 0 Å². The molecule has 3 nitrogen and oxygen atoms in total. The van der Waals surface area contributed by atoms with E-state index in [9.17, 15) is 9.18 Å². The predicted molar refractivity (Wildman–Crippen MR) is 37.3 cm³/mol. The molecule has 0 aliphatic carbocycles. The van der Waals surface area contributed by atoms with Crippen molar-refractivity contribution in [2.75, 3.05) is 0 Å². The topological polar surface area (TPSA) is 50.2 Å². The molecular weight excluding hydrogens is 179 g/mol. The second-order valence-electron chi connectivity index (χ2n) is 1.76. The molecule has 0 spiro atoms. The van der Waals surface area contributed by atoms with Crippen LogP contribution in [-0.2, 0) is 0 Å². The normalized spacial score (nSPS) is 8.83. The molecule has 0 aliphatic rings. The Morgan fingerprint density at radius 1 is 1.75 bits per heavy atom. The number of carboxylic acid groups (broad SMARTS) is 1. The summed E-state index contributed by atoms with van der Waals surface area (Å²) in [7, 11) is 0. The number of hydrogen-bond acceptors (Lipinski definition) is 2. The molecule has 0 saturated carbocycles. The van der Waals surface area contributed by atoms with Crippen molar-refractivity contribution in [2.45, 2.75) is 0 Å². The Bertz CT molecular complexity index is 313. The predicted octanol–water partition coefficient (Wildman–Crippen LogP) is -1.31. The number of hydrogen-bond donors (Lipinski definition) is 1. The summed E-state index contributed by atoms with van der Waals surface area (Å²) in [6.07, 6.45) is 1.13. The fourth-order valence-electron chi connectivity index (χ4n) is 0.569. The molecular formula is C6H4ClFLiNO2. The number of pyridine rings is 1. The van der Waals surface area contributed by atoms with Gasteiger partial charge >= 0.3 is 24.8 Å². The molecule has 0 radical (unpaired) electrons. The van der Waals surface area contributed by atoms with Crippen LogP contribution in [0, 0.1) is 5.82 Å². The van der Waals surface area contributed by atoms with E-state index in [4.69, 9.17) is 16.7 Å². The molecule has 0 bridgehead atoms. The molecule has 1 aromatic rings. The number of rotatable bonds is 1. The smallest absolute Gasteiger partial charge is 1.00 e. The minimum atomic E-state index is -1.43. The Morgan fingerprint density at radius 2 is 2.33 bits per heavy atom. The fraction of sp³-hybridized carbons (Fsp3) is 0. The van der Waals surface area contributed by atoms with Crippen molar-refractivity contribution in [3.63, 3.8) is 0 Å². The number of carbonyl (C=O) groups is 1. The van der Waals surface area contributed by atoms with Crippen LogP contribution in [0.5, 0.6) is 0 Å². The number of aromatic carboxylic acids is 1. The van der Waals surface area contributed by atoms with Gasteiger partial charge in [-0.1, -0.05) is 11.6 Å². The van der Waals surface area contributed by atoms with Gasteiger partial charge in [0, 0.05) is 6.20 Å². The molecule has 1 aromatic heterocycles. The van der Waals surface area contributed by atoms with Gasteiger partial charge in [0.05, 0.1) is 5.02 Å². The number of carboxylic acids is 1. The van der Waals surface area contributed by atoms with Crippen LogP contribution in [-0.4, -0.2) is 16.1 Å². The molecule has 0 atom stereocenters. The number of halogens is 2. The van der Waals surface area contributed by atoms with Gasteiger partial charge in [0.2, 0.25) is 0 Å². The third-order valence-corrected chi connectivity index (χ3v) is 1.34. The molecule has 6 heteroatoms. The summed E-state index contributed by atoms with van der Waals surface area (Å²) in [5.74, 6) is -2.42. The maximum absolute atomic E-state index is 12.7. The summed E-state index contributed by atoms with van der Waals surface area (Å²) in [5.41, 5.74) is -0.655. The van der Waals surface area contributed by atoms with Gasteiger partial charge in [-0.25, -0.2) is 14.2 Å². The first kappa shape index (κ1) is 11.4. The summed E-state index contributed by atoms with van der Waals surface area (Å²) in [6.45, 7) is 0. The second-order valence-corrected chi connectivity index (χ2v) is 2.17. The molecule has 12 heavy (non-hydrogen) atoms. The van der Waals surface area contributed by atoms with Gasteiger partial charge in [0.15, 0.2) is 11.5 Å². The fourth-order valence-corrected chi connectivity index (χ4v) is 0.715. The van der Waals surface area contributed by atoms with Crippen molar-refractivity contribution in [3.05, 3.63) is 28.8 Å². The van der Waals surface area contributed by atoms with Crippen LogP contribution in [0.1, 0.15) is 11.9 Å². The van der Waals surface area contributed by atoms with Crippen molar-refractivity contribution in [3.8, 4) is 0 Å². The van der Waals surface area contributed by atoms with E-state index in [1.54, 1.807) is 0 Å². The van der Waals surface area contributed by atoms with E-state index in [2.05, 4.69) is 4.98 Å². The summed E-state index contributed by atoms with van der Waals surface area (Å²) in [5, 5.41) is 8.09. The molecule has 0 saturated heterocycles. The van der Waals surface area contributed by atoms with E-state index in [1.165, 1.54) is 6.07 Å². The first-order chi connectivity index (χ1) is 5.13. The zero-order valence-corrected chi connectivity index (χ0v) is 6.97. The SMILES string of the molecule is O=C(O)c1nccc(Cl)c1F.[H-].[Li+]. The quantitative estimate of drug-likeness (QED) is 0.550. The maximum Gasteiger partial charge on any atom is 1.00 e. The van der Waals surface area contributed by atoms with Gasteiger partial charge in [-0.15, -0.1) is 0 Å². The molecule has 0 fully saturated rings. The number of nitrogens with zero attached hydrogens (tertiary/aromatic N) is 1. The van der Waals surface area contributed by atoms with Gasteiger partial charge in [0.25, 0.3) is 0 Å². The Hall–Kier alpha value is -0.563. The van der Waals surface area contributed by atoms with Gasteiger partial charge in [0.1, 0.15) is 0 Å². The van der Waals surface area contributed by atoms with Crippen LogP contribution in [0.3, 0.4) is 0 Å². The molecule has 1 N–H and O–H groups in total. The zero-order valence-electron chi connectivity index (χ0n) is 7.21. The Labute approximate surface area is 86.2 Å². The monoisotopic (exact) mass is 183 g/mol.